The summed E-state index contributed by atoms with van der Waals surface area (Å²) in [5.74, 6) is -2.98. The number of esters is 3. The van der Waals surface area contributed by atoms with Gasteiger partial charge in [-0.1, -0.05) is 18.2 Å². The first-order valence-electron chi connectivity index (χ1n) is 8.03. The lowest BCUT2D eigenvalue weighted by Crippen LogP contribution is -2.15. The van der Waals surface area contributed by atoms with E-state index in [0.29, 0.717) is 16.8 Å². The van der Waals surface area contributed by atoms with Gasteiger partial charge in [-0.2, -0.15) is 0 Å². The Morgan fingerprint density at radius 1 is 0.929 bits per heavy atom. The van der Waals surface area contributed by atoms with Crippen molar-refractivity contribution in [2.45, 2.75) is 0 Å². The molecule has 0 radical (unpaired) electrons. The largest absolute Gasteiger partial charge is 0.466 e. The average molecular weight is 387 g/mol. The zero-order chi connectivity index (χ0) is 20.7. The molecule has 0 saturated heterocycles. The number of methoxy groups -OCH3 is 3. The van der Waals surface area contributed by atoms with Gasteiger partial charge < -0.3 is 19.5 Å². The summed E-state index contributed by atoms with van der Waals surface area (Å²) < 4.78 is 27.9. The molecule has 0 aliphatic rings. The van der Waals surface area contributed by atoms with Crippen molar-refractivity contribution in [2.24, 2.45) is 0 Å². The highest BCUT2D eigenvalue weighted by Crippen LogP contribution is 2.25. The third kappa shape index (κ3) is 4.94. The summed E-state index contributed by atoms with van der Waals surface area (Å²) in [6.45, 7) is 0. The molecule has 0 aliphatic carbocycles. The normalized spacial score (nSPS) is 10.8. The molecule has 7 nitrogen and oxygen atoms in total. The van der Waals surface area contributed by atoms with Gasteiger partial charge in [-0.15, -0.1) is 0 Å². The summed E-state index contributed by atoms with van der Waals surface area (Å²) in [6.07, 6.45) is 0.962. The van der Waals surface area contributed by atoms with Crippen LogP contribution in [0.5, 0.6) is 0 Å². The number of hydrogen-bond donors (Lipinski definition) is 1. The Morgan fingerprint density at radius 2 is 1.64 bits per heavy atom. The predicted octanol–water partition coefficient (Wildman–Crippen LogP) is 2.92. The monoisotopic (exact) mass is 387 g/mol. The van der Waals surface area contributed by atoms with Crippen LogP contribution in [-0.4, -0.2) is 39.2 Å². The van der Waals surface area contributed by atoms with E-state index in [4.69, 9.17) is 0 Å². The lowest BCUT2D eigenvalue weighted by molar-refractivity contribution is -0.138. The van der Waals surface area contributed by atoms with Crippen LogP contribution >= 0.6 is 0 Å². The van der Waals surface area contributed by atoms with Crippen molar-refractivity contribution in [2.75, 3.05) is 26.6 Å². The number of anilines is 1. The van der Waals surface area contributed by atoms with E-state index in [0.717, 1.165) is 6.08 Å². The van der Waals surface area contributed by atoms with E-state index in [1.807, 2.05) is 0 Å². The fourth-order valence-electron chi connectivity index (χ4n) is 2.33. The minimum atomic E-state index is -0.768. The lowest BCUT2D eigenvalue weighted by Gasteiger charge is -2.11. The molecule has 8 heteroatoms. The van der Waals surface area contributed by atoms with E-state index in [2.05, 4.69) is 19.5 Å². The molecule has 0 heterocycles. The molecule has 2 aromatic carbocycles. The van der Waals surface area contributed by atoms with Gasteiger partial charge in [0, 0.05) is 5.69 Å². The third-order valence-corrected chi connectivity index (χ3v) is 3.72. The Bertz CT molecular complexity index is 938. The second-order valence-electron chi connectivity index (χ2n) is 5.46. The molecule has 2 rings (SSSR count). The van der Waals surface area contributed by atoms with Gasteiger partial charge in [0.1, 0.15) is 11.5 Å². The Morgan fingerprint density at radius 3 is 2.25 bits per heavy atom. The molecule has 0 unspecified atom stereocenters. The van der Waals surface area contributed by atoms with Crippen LogP contribution in [0.3, 0.4) is 0 Å². The van der Waals surface area contributed by atoms with Crippen molar-refractivity contribution in [3.8, 4) is 11.1 Å². The molecule has 0 saturated carbocycles. The van der Waals surface area contributed by atoms with Gasteiger partial charge >= 0.3 is 17.9 Å². The number of benzene rings is 2. The number of carbonyl (C=O) groups is 3. The van der Waals surface area contributed by atoms with E-state index in [1.54, 1.807) is 30.3 Å². The van der Waals surface area contributed by atoms with Gasteiger partial charge in [-0.05, 0) is 35.4 Å². The summed E-state index contributed by atoms with van der Waals surface area (Å²) in [5, 5.41) is 2.78. The second-order valence-corrected chi connectivity index (χ2v) is 5.46. The smallest absolute Gasteiger partial charge is 0.354 e. The molecular weight excluding hydrogens is 369 g/mol. The van der Waals surface area contributed by atoms with E-state index in [1.165, 1.54) is 33.5 Å². The lowest BCUT2D eigenvalue weighted by atomic mass is 10.0. The minimum absolute atomic E-state index is 0.126. The number of ether oxygens (including phenoxy) is 3. The Labute approximate surface area is 160 Å². The maximum absolute atomic E-state index is 14.2. The highest BCUT2D eigenvalue weighted by atomic mass is 19.1. The Hall–Kier alpha value is -3.68. The molecule has 0 spiro atoms. The number of rotatable bonds is 6. The van der Waals surface area contributed by atoms with Gasteiger partial charge in [0.2, 0.25) is 0 Å². The first kappa shape index (κ1) is 20.6. The SMILES string of the molecule is COC(=O)/C=C(/Nc1cccc(-c2ccc(C(=O)OC)c(F)c2)c1)C(=O)OC. The predicted molar refractivity (Wildman–Crippen MR) is 98.9 cm³/mol. The maximum atomic E-state index is 14.2. The van der Waals surface area contributed by atoms with Gasteiger partial charge in [0.15, 0.2) is 0 Å². The van der Waals surface area contributed by atoms with Crippen LogP contribution in [0.2, 0.25) is 0 Å². The van der Waals surface area contributed by atoms with E-state index < -0.39 is 23.7 Å². The summed E-state index contributed by atoms with van der Waals surface area (Å²) >= 11 is 0. The van der Waals surface area contributed by atoms with E-state index in [-0.39, 0.29) is 11.3 Å². The zero-order valence-electron chi connectivity index (χ0n) is 15.4. The quantitative estimate of drug-likeness (QED) is 0.463. The highest BCUT2D eigenvalue weighted by Gasteiger charge is 2.15. The average Bonchev–Trinajstić information content (AvgIpc) is 2.72. The number of nitrogens with one attached hydrogen (secondary N) is 1. The van der Waals surface area contributed by atoms with Crippen LogP contribution in [0.4, 0.5) is 10.1 Å². The van der Waals surface area contributed by atoms with Gasteiger partial charge in [0.25, 0.3) is 0 Å². The fourth-order valence-corrected chi connectivity index (χ4v) is 2.33. The molecule has 0 fully saturated rings. The molecular formula is C20H18FNO6. The molecule has 0 atom stereocenters. The standard InChI is InChI=1S/C20H18FNO6/c1-26-18(23)11-17(20(25)28-3)22-14-6-4-5-12(9-14)13-7-8-15(16(21)10-13)19(24)27-2/h4-11,22H,1-3H3/b17-11+. The molecule has 28 heavy (non-hydrogen) atoms. The summed E-state index contributed by atoms with van der Waals surface area (Å²) in [7, 11) is 3.53. The minimum Gasteiger partial charge on any atom is -0.466 e. The first-order chi connectivity index (χ1) is 13.4. The van der Waals surface area contributed by atoms with Gasteiger partial charge in [0.05, 0.1) is 33.0 Å². The number of halogens is 1. The summed E-state index contributed by atoms with van der Waals surface area (Å²) in [4.78, 5) is 34.8. The van der Waals surface area contributed by atoms with Crippen LogP contribution in [-0.2, 0) is 23.8 Å². The fraction of sp³-hybridized carbons (Fsp3) is 0.150. The Balaban J connectivity index is 2.34. The molecule has 0 aliphatic heterocycles. The maximum Gasteiger partial charge on any atom is 0.354 e. The van der Waals surface area contributed by atoms with Crippen LogP contribution in [0, 0.1) is 5.82 Å². The zero-order valence-corrected chi connectivity index (χ0v) is 15.4. The van der Waals surface area contributed by atoms with Crippen LogP contribution in [0.15, 0.2) is 54.2 Å². The van der Waals surface area contributed by atoms with Gasteiger partial charge in [-0.25, -0.2) is 18.8 Å². The van der Waals surface area contributed by atoms with Crippen LogP contribution < -0.4 is 5.32 Å². The van der Waals surface area contributed by atoms with Crippen molar-refractivity contribution in [3.05, 3.63) is 65.6 Å². The van der Waals surface area contributed by atoms with Crippen LogP contribution in [0.25, 0.3) is 11.1 Å². The van der Waals surface area contributed by atoms with Crippen molar-refractivity contribution in [1.29, 1.82) is 0 Å². The van der Waals surface area contributed by atoms with Gasteiger partial charge in [-0.3, -0.25) is 0 Å². The first-order valence-corrected chi connectivity index (χ1v) is 8.03. The molecule has 1 N–H and O–H groups in total. The summed E-state index contributed by atoms with van der Waals surface area (Å²) in [5.41, 5.74) is 1.27. The highest BCUT2D eigenvalue weighted by molar-refractivity contribution is 5.98. The second kappa shape index (κ2) is 9.31. The van der Waals surface area contributed by atoms with Crippen molar-refractivity contribution in [3.63, 3.8) is 0 Å². The molecule has 146 valence electrons. The molecule has 0 aromatic heterocycles. The molecule has 2 aromatic rings. The van der Waals surface area contributed by atoms with Crippen LogP contribution in [0.1, 0.15) is 10.4 Å². The van der Waals surface area contributed by atoms with E-state index >= 15 is 0 Å². The van der Waals surface area contributed by atoms with Crippen molar-refractivity contribution in [1.82, 2.24) is 0 Å². The molecule has 0 bridgehead atoms. The third-order valence-electron chi connectivity index (χ3n) is 3.72. The topological polar surface area (TPSA) is 90.9 Å². The molecule has 0 amide bonds. The van der Waals surface area contributed by atoms with Crippen molar-refractivity contribution >= 4 is 23.6 Å². The van der Waals surface area contributed by atoms with E-state index in [9.17, 15) is 18.8 Å². The van der Waals surface area contributed by atoms with Crippen molar-refractivity contribution < 1.29 is 33.0 Å². The number of hydrogen-bond acceptors (Lipinski definition) is 7. The Kier molecular flexibility index (Phi) is 6.86. The summed E-state index contributed by atoms with van der Waals surface area (Å²) in [6, 6.07) is 10.8. The number of carbonyl (C=O) groups excluding carboxylic acids is 3.